The third-order valence-corrected chi connectivity index (χ3v) is 2.58. The smallest absolute Gasteiger partial charge is 0.165 e. The van der Waals surface area contributed by atoms with Gasteiger partial charge in [-0.2, -0.15) is 0 Å². The van der Waals surface area contributed by atoms with Gasteiger partial charge >= 0.3 is 0 Å². The summed E-state index contributed by atoms with van der Waals surface area (Å²) in [6.07, 6.45) is 1.88. The van der Waals surface area contributed by atoms with Gasteiger partial charge in [-0.1, -0.05) is 12.1 Å². The van der Waals surface area contributed by atoms with Crippen LogP contribution in [0, 0.1) is 5.82 Å². The predicted octanol–water partition coefficient (Wildman–Crippen LogP) is 2.12. The van der Waals surface area contributed by atoms with Gasteiger partial charge < -0.3 is 4.74 Å². The largest absolute Gasteiger partial charge is 0.370 e. The zero-order valence-corrected chi connectivity index (χ0v) is 8.41. The number of carbonyl (C=O) groups excluding carboxylic acids is 1. The van der Waals surface area contributed by atoms with E-state index in [1.807, 2.05) is 0 Å². The Labute approximate surface area is 88.1 Å². The molecule has 0 radical (unpaired) electrons. The van der Waals surface area contributed by atoms with E-state index in [0.717, 1.165) is 18.4 Å². The van der Waals surface area contributed by atoms with E-state index in [-0.39, 0.29) is 17.7 Å². The molecule has 0 aromatic heterocycles. The molecule has 1 aliphatic rings. The summed E-state index contributed by atoms with van der Waals surface area (Å²) in [4.78, 5) is 11.7. The molecule has 2 nitrogen and oxygen atoms in total. The number of benzene rings is 1. The van der Waals surface area contributed by atoms with Crippen molar-refractivity contribution in [3.05, 3.63) is 35.6 Å². The molecule has 1 saturated heterocycles. The first-order valence-corrected chi connectivity index (χ1v) is 5.14. The van der Waals surface area contributed by atoms with E-state index in [1.165, 1.54) is 12.1 Å². The summed E-state index contributed by atoms with van der Waals surface area (Å²) in [5, 5.41) is 0. The maximum atomic E-state index is 12.6. The van der Waals surface area contributed by atoms with Crippen LogP contribution >= 0.6 is 0 Å². The Balaban J connectivity index is 1.96. The topological polar surface area (TPSA) is 26.3 Å². The van der Waals surface area contributed by atoms with Crippen LogP contribution < -0.4 is 0 Å². The summed E-state index contributed by atoms with van der Waals surface area (Å²) in [6, 6.07) is 6.03. The average molecular weight is 208 g/mol. The molecular weight excluding hydrogens is 195 g/mol. The molecule has 0 N–H and O–H groups in total. The molecule has 1 atom stereocenters. The van der Waals surface area contributed by atoms with E-state index in [9.17, 15) is 9.18 Å². The van der Waals surface area contributed by atoms with Crippen molar-refractivity contribution < 1.29 is 13.9 Å². The molecule has 1 heterocycles. The number of rotatable bonds is 3. The van der Waals surface area contributed by atoms with Crippen LogP contribution in [-0.2, 0) is 16.0 Å². The minimum Gasteiger partial charge on any atom is -0.370 e. The highest BCUT2D eigenvalue weighted by atomic mass is 19.1. The van der Waals surface area contributed by atoms with Crippen molar-refractivity contribution in [2.45, 2.75) is 25.4 Å². The summed E-state index contributed by atoms with van der Waals surface area (Å²) in [5.74, 6) is -0.178. The van der Waals surface area contributed by atoms with Crippen LogP contribution in [0.25, 0.3) is 0 Å². The van der Waals surface area contributed by atoms with Crippen LogP contribution in [0.2, 0.25) is 0 Å². The number of halogens is 1. The van der Waals surface area contributed by atoms with Gasteiger partial charge in [-0.3, -0.25) is 4.79 Å². The van der Waals surface area contributed by atoms with Crippen LogP contribution in [0.15, 0.2) is 24.3 Å². The van der Waals surface area contributed by atoms with Gasteiger partial charge in [0.1, 0.15) is 11.9 Å². The monoisotopic (exact) mass is 208 g/mol. The summed E-state index contributed by atoms with van der Waals surface area (Å²) < 4.78 is 17.9. The zero-order valence-electron chi connectivity index (χ0n) is 8.41. The molecule has 0 saturated carbocycles. The van der Waals surface area contributed by atoms with Crippen LogP contribution in [0.1, 0.15) is 18.4 Å². The normalized spacial score (nSPS) is 20.5. The molecule has 1 aromatic rings. The molecule has 1 aromatic carbocycles. The first-order chi connectivity index (χ1) is 7.25. The summed E-state index contributed by atoms with van der Waals surface area (Å²) in [7, 11) is 0. The molecular formula is C12H13FO2. The fraction of sp³-hybridized carbons (Fsp3) is 0.417. The molecule has 0 bridgehead atoms. The zero-order chi connectivity index (χ0) is 10.7. The van der Waals surface area contributed by atoms with Gasteiger partial charge in [0.05, 0.1) is 0 Å². The van der Waals surface area contributed by atoms with Crippen molar-refractivity contribution in [3.63, 3.8) is 0 Å². The molecule has 15 heavy (non-hydrogen) atoms. The van der Waals surface area contributed by atoms with E-state index >= 15 is 0 Å². The lowest BCUT2D eigenvalue weighted by Gasteiger charge is -2.07. The SMILES string of the molecule is O=C(Cc1ccc(F)cc1)C1CCCO1. The minimum atomic E-state index is -0.275. The number of Topliss-reactive ketones (excluding diaryl/α,β-unsaturated/α-hetero) is 1. The van der Waals surface area contributed by atoms with Crippen molar-refractivity contribution >= 4 is 5.78 Å². The van der Waals surface area contributed by atoms with E-state index in [4.69, 9.17) is 4.74 Å². The van der Waals surface area contributed by atoms with E-state index in [2.05, 4.69) is 0 Å². The van der Waals surface area contributed by atoms with Gasteiger partial charge in [-0.05, 0) is 30.5 Å². The molecule has 0 amide bonds. The third-order valence-electron chi connectivity index (χ3n) is 2.58. The van der Waals surface area contributed by atoms with Crippen LogP contribution in [-0.4, -0.2) is 18.5 Å². The standard InChI is InChI=1S/C12H13FO2/c13-10-5-3-9(4-6-10)8-11(14)12-2-1-7-15-12/h3-6,12H,1-2,7-8H2. The van der Waals surface area contributed by atoms with Gasteiger partial charge in [0.15, 0.2) is 5.78 Å². The van der Waals surface area contributed by atoms with Crippen molar-refractivity contribution in [3.8, 4) is 0 Å². The molecule has 1 aliphatic heterocycles. The van der Waals surface area contributed by atoms with Gasteiger partial charge in [-0.15, -0.1) is 0 Å². The lowest BCUT2D eigenvalue weighted by molar-refractivity contribution is -0.127. The fourth-order valence-electron chi connectivity index (χ4n) is 1.75. The maximum Gasteiger partial charge on any atom is 0.165 e. The van der Waals surface area contributed by atoms with Crippen LogP contribution in [0.4, 0.5) is 4.39 Å². The third kappa shape index (κ3) is 2.63. The first kappa shape index (κ1) is 10.3. The fourth-order valence-corrected chi connectivity index (χ4v) is 1.75. The second-order valence-corrected chi connectivity index (χ2v) is 3.77. The highest BCUT2D eigenvalue weighted by molar-refractivity contribution is 5.85. The van der Waals surface area contributed by atoms with E-state index in [1.54, 1.807) is 12.1 Å². The van der Waals surface area contributed by atoms with Crippen molar-refractivity contribution in [1.82, 2.24) is 0 Å². The number of hydrogen-bond donors (Lipinski definition) is 0. The van der Waals surface area contributed by atoms with Gasteiger partial charge in [-0.25, -0.2) is 4.39 Å². The quantitative estimate of drug-likeness (QED) is 0.760. The van der Waals surface area contributed by atoms with Gasteiger partial charge in [0, 0.05) is 13.0 Å². The van der Waals surface area contributed by atoms with E-state index in [0.29, 0.717) is 13.0 Å². The Morgan fingerprint density at radius 3 is 2.73 bits per heavy atom. The Hall–Kier alpha value is -1.22. The predicted molar refractivity (Wildman–Crippen MR) is 54.1 cm³/mol. The Morgan fingerprint density at radius 1 is 1.40 bits per heavy atom. The second-order valence-electron chi connectivity index (χ2n) is 3.77. The number of hydrogen-bond acceptors (Lipinski definition) is 2. The van der Waals surface area contributed by atoms with Gasteiger partial charge in [0.25, 0.3) is 0 Å². The molecule has 0 aliphatic carbocycles. The Bertz CT molecular complexity index is 339. The van der Waals surface area contributed by atoms with Crippen molar-refractivity contribution in [1.29, 1.82) is 0 Å². The highest BCUT2D eigenvalue weighted by Gasteiger charge is 2.23. The molecule has 1 fully saturated rings. The van der Waals surface area contributed by atoms with Gasteiger partial charge in [0.2, 0.25) is 0 Å². The first-order valence-electron chi connectivity index (χ1n) is 5.14. The van der Waals surface area contributed by atoms with E-state index < -0.39 is 0 Å². The second kappa shape index (κ2) is 4.53. The maximum absolute atomic E-state index is 12.6. The molecule has 2 rings (SSSR count). The highest BCUT2D eigenvalue weighted by Crippen LogP contribution is 2.15. The summed E-state index contributed by atoms with van der Waals surface area (Å²) >= 11 is 0. The van der Waals surface area contributed by atoms with Crippen LogP contribution in [0.5, 0.6) is 0 Å². The number of ketones is 1. The summed E-state index contributed by atoms with van der Waals surface area (Å²) in [5.41, 5.74) is 0.844. The van der Waals surface area contributed by atoms with Crippen molar-refractivity contribution in [2.75, 3.05) is 6.61 Å². The lowest BCUT2D eigenvalue weighted by atomic mass is 10.0. The molecule has 3 heteroatoms. The lowest BCUT2D eigenvalue weighted by Crippen LogP contribution is -2.21. The van der Waals surface area contributed by atoms with Crippen molar-refractivity contribution in [2.24, 2.45) is 0 Å². The number of carbonyl (C=O) groups is 1. The number of ether oxygens (including phenoxy) is 1. The Kier molecular flexibility index (Phi) is 3.11. The average Bonchev–Trinajstić information content (AvgIpc) is 2.74. The molecule has 80 valence electrons. The Morgan fingerprint density at radius 2 is 2.13 bits per heavy atom. The molecule has 1 unspecified atom stereocenters. The summed E-state index contributed by atoms with van der Waals surface area (Å²) in [6.45, 7) is 0.680. The minimum absolute atomic E-state index is 0.0964. The molecule has 0 spiro atoms. The van der Waals surface area contributed by atoms with Crippen LogP contribution in [0.3, 0.4) is 0 Å².